The Bertz CT molecular complexity index is 631. The summed E-state index contributed by atoms with van der Waals surface area (Å²) >= 11 is 0. The third kappa shape index (κ3) is 4.57. The van der Waals surface area contributed by atoms with Gasteiger partial charge in [0.25, 0.3) is 0 Å². The first-order chi connectivity index (χ1) is 12.7. The molecule has 150 valence electrons. The SMILES string of the molecule is CC(F)(F)C[C@H](NC(=O)N1CCOC12CCCCC2)C(=O)CC1(C#N)CC1. The molecule has 1 spiro atoms. The third-order valence-electron chi connectivity index (χ3n) is 5.91. The Morgan fingerprint density at radius 3 is 2.48 bits per heavy atom. The van der Waals surface area contributed by atoms with E-state index in [2.05, 4.69) is 11.4 Å². The largest absolute Gasteiger partial charge is 0.354 e. The highest BCUT2D eigenvalue weighted by Gasteiger charge is 2.49. The lowest BCUT2D eigenvalue weighted by atomic mass is 9.90. The van der Waals surface area contributed by atoms with Crippen molar-refractivity contribution in [3.05, 3.63) is 0 Å². The number of nitrogens with one attached hydrogen (secondary N) is 1. The average molecular weight is 383 g/mol. The molecule has 3 rings (SSSR count). The van der Waals surface area contributed by atoms with Crippen LogP contribution in [0.3, 0.4) is 0 Å². The van der Waals surface area contributed by atoms with Gasteiger partial charge in [-0.25, -0.2) is 13.6 Å². The molecule has 2 amide bonds. The fourth-order valence-electron chi connectivity index (χ4n) is 4.18. The number of carbonyl (C=O) groups is 2. The first-order valence-electron chi connectivity index (χ1n) is 9.73. The molecule has 3 fully saturated rings. The van der Waals surface area contributed by atoms with Crippen LogP contribution in [0.1, 0.15) is 64.7 Å². The van der Waals surface area contributed by atoms with Gasteiger partial charge in [-0.1, -0.05) is 6.42 Å². The molecule has 2 saturated carbocycles. The predicted octanol–water partition coefficient (Wildman–Crippen LogP) is 3.37. The number of urea groups is 1. The number of alkyl halides is 2. The Hall–Kier alpha value is -1.75. The molecule has 0 unspecified atom stereocenters. The van der Waals surface area contributed by atoms with E-state index in [1.54, 1.807) is 4.90 Å². The van der Waals surface area contributed by atoms with Gasteiger partial charge in [-0.05, 0) is 45.4 Å². The molecule has 1 saturated heterocycles. The number of halogens is 2. The molecule has 6 nitrogen and oxygen atoms in total. The Morgan fingerprint density at radius 2 is 1.93 bits per heavy atom. The van der Waals surface area contributed by atoms with E-state index in [1.807, 2.05) is 0 Å². The zero-order chi connectivity index (χ0) is 19.7. The number of rotatable bonds is 6. The maximum atomic E-state index is 13.6. The minimum atomic E-state index is -3.10. The van der Waals surface area contributed by atoms with Crippen molar-refractivity contribution in [2.75, 3.05) is 13.2 Å². The Morgan fingerprint density at radius 1 is 1.26 bits per heavy atom. The summed E-state index contributed by atoms with van der Waals surface area (Å²) in [6.45, 7) is 1.53. The van der Waals surface area contributed by atoms with Crippen molar-refractivity contribution < 1.29 is 23.1 Å². The zero-order valence-electron chi connectivity index (χ0n) is 15.7. The summed E-state index contributed by atoms with van der Waals surface area (Å²) in [4.78, 5) is 27.0. The summed E-state index contributed by atoms with van der Waals surface area (Å²) in [5, 5.41) is 11.7. The van der Waals surface area contributed by atoms with Crippen LogP contribution in [-0.2, 0) is 9.53 Å². The highest BCUT2D eigenvalue weighted by molar-refractivity contribution is 5.89. The lowest BCUT2D eigenvalue weighted by molar-refractivity contribution is -0.124. The van der Waals surface area contributed by atoms with Crippen LogP contribution in [0.2, 0.25) is 0 Å². The van der Waals surface area contributed by atoms with E-state index in [0.29, 0.717) is 26.0 Å². The molecule has 3 aliphatic rings. The number of ether oxygens (including phenoxy) is 1. The topological polar surface area (TPSA) is 82.4 Å². The van der Waals surface area contributed by atoms with Crippen LogP contribution >= 0.6 is 0 Å². The van der Waals surface area contributed by atoms with Gasteiger partial charge in [-0.3, -0.25) is 9.69 Å². The molecule has 27 heavy (non-hydrogen) atoms. The molecule has 0 aromatic heterocycles. The van der Waals surface area contributed by atoms with Crippen molar-refractivity contribution in [1.82, 2.24) is 10.2 Å². The van der Waals surface area contributed by atoms with Gasteiger partial charge >= 0.3 is 6.03 Å². The fraction of sp³-hybridized carbons (Fsp3) is 0.842. The Kier molecular flexibility index (Phi) is 5.44. The number of hydrogen-bond donors (Lipinski definition) is 1. The van der Waals surface area contributed by atoms with E-state index in [9.17, 15) is 23.6 Å². The first-order valence-corrected chi connectivity index (χ1v) is 9.73. The number of carbonyl (C=O) groups excluding carboxylic acids is 2. The number of amides is 2. The molecule has 1 atom stereocenters. The van der Waals surface area contributed by atoms with E-state index < -0.39 is 41.3 Å². The summed E-state index contributed by atoms with van der Waals surface area (Å²) in [5.74, 6) is -3.59. The molecule has 8 heteroatoms. The molecule has 1 aliphatic heterocycles. The zero-order valence-corrected chi connectivity index (χ0v) is 15.7. The molecule has 0 aromatic carbocycles. The summed E-state index contributed by atoms with van der Waals surface area (Å²) < 4.78 is 33.1. The number of ketones is 1. The second kappa shape index (κ2) is 7.34. The average Bonchev–Trinajstić information content (AvgIpc) is 3.27. The third-order valence-corrected chi connectivity index (χ3v) is 5.91. The predicted molar refractivity (Wildman–Crippen MR) is 92.9 cm³/mol. The first kappa shape index (κ1) is 20.0. The maximum absolute atomic E-state index is 13.6. The van der Waals surface area contributed by atoms with Crippen molar-refractivity contribution in [3.63, 3.8) is 0 Å². The van der Waals surface area contributed by atoms with Gasteiger partial charge in [0.15, 0.2) is 5.78 Å². The van der Waals surface area contributed by atoms with Crippen LogP contribution in [0.5, 0.6) is 0 Å². The quantitative estimate of drug-likeness (QED) is 0.762. The smallest absolute Gasteiger partial charge is 0.320 e. The number of nitriles is 1. The minimum Gasteiger partial charge on any atom is -0.354 e. The van der Waals surface area contributed by atoms with Crippen LogP contribution in [-0.4, -0.2) is 47.6 Å². The van der Waals surface area contributed by atoms with Gasteiger partial charge in [-0.15, -0.1) is 0 Å². The lowest BCUT2D eigenvalue weighted by Crippen LogP contribution is -2.56. The van der Waals surface area contributed by atoms with E-state index in [4.69, 9.17) is 4.74 Å². The van der Waals surface area contributed by atoms with Gasteiger partial charge < -0.3 is 10.1 Å². The summed E-state index contributed by atoms with van der Waals surface area (Å²) in [6, 6.07) is 0.274. The molecule has 0 bridgehead atoms. The summed E-state index contributed by atoms with van der Waals surface area (Å²) in [6.07, 6.45) is 4.77. The monoisotopic (exact) mass is 383 g/mol. The minimum absolute atomic E-state index is 0.0911. The van der Waals surface area contributed by atoms with Crippen LogP contribution in [0.4, 0.5) is 13.6 Å². The normalized spacial score (nSPS) is 24.3. The molecule has 0 radical (unpaired) electrons. The molecule has 1 N–H and O–H groups in total. The summed E-state index contributed by atoms with van der Waals surface area (Å²) in [5.41, 5.74) is -1.40. The van der Waals surface area contributed by atoms with Gasteiger partial charge in [0.2, 0.25) is 5.92 Å². The fourth-order valence-corrected chi connectivity index (χ4v) is 4.18. The van der Waals surface area contributed by atoms with E-state index >= 15 is 0 Å². The van der Waals surface area contributed by atoms with Crippen LogP contribution < -0.4 is 5.32 Å². The van der Waals surface area contributed by atoms with Crippen molar-refractivity contribution in [2.24, 2.45) is 5.41 Å². The highest BCUT2D eigenvalue weighted by atomic mass is 19.3. The molecule has 1 heterocycles. The number of nitrogens with zero attached hydrogens (tertiary/aromatic N) is 2. The number of hydrogen-bond acceptors (Lipinski definition) is 4. The van der Waals surface area contributed by atoms with Crippen molar-refractivity contribution >= 4 is 11.8 Å². The lowest BCUT2D eigenvalue weighted by Gasteiger charge is -2.40. The van der Waals surface area contributed by atoms with Gasteiger partial charge in [0, 0.05) is 19.4 Å². The van der Waals surface area contributed by atoms with Crippen molar-refractivity contribution in [2.45, 2.75) is 82.4 Å². The van der Waals surface area contributed by atoms with Crippen LogP contribution in [0, 0.1) is 16.7 Å². The van der Waals surface area contributed by atoms with Crippen LogP contribution in [0.15, 0.2) is 0 Å². The molecule has 0 aromatic rings. The second-order valence-corrected chi connectivity index (χ2v) is 8.32. The van der Waals surface area contributed by atoms with Crippen molar-refractivity contribution in [3.8, 4) is 6.07 Å². The van der Waals surface area contributed by atoms with E-state index in [0.717, 1.165) is 39.0 Å². The molecule has 2 aliphatic carbocycles. The van der Waals surface area contributed by atoms with Gasteiger partial charge in [-0.2, -0.15) is 5.26 Å². The van der Waals surface area contributed by atoms with Crippen molar-refractivity contribution in [1.29, 1.82) is 5.26 Å². The Balaban J connectivity index is 1.70. The standard InChI is InChI=1S/C19H27F2N3O3/c1-17(20,21)11-14(15(25)12-18(13-22)7-8-18)23-16(26)24-9-10-27-19(24)5-3-2-4-6-19/h14H,2-12H2,1H3,(H,23,26)/t14-/m0/s1. The second-order valence-electron chi connectivity index (χ2n) is 8.32. The van der Waals surface area contributed by atoms with E-state index in [1.165, 1.54) is 0 Å². The van der Waals surface area contributed by atoms with Crippen LogP contribution in [0.25, 0.3) is 0 Å². The molecular weight excluding hydrogens is 356 g/mol. The number of Topliss-reactive ketones (excluding diaryl/α,β-unsaturated/α-hetero) is 1. The Labute approximate surface area is 158 Å². The highest BCUT2D eigenvalue weighted by Crippen LogP contribution is 2.48. The van der Waals surface area contributed by atoms with E-state index in [-0.39, 0.29) is 6.42 Å². The maximum Gasteiger partial charge on any atom is 0.320 e. The molecular formula is C19H27F2N3O3. The van der Waals surface area contributed by atoms with Gasteiger partial charge in [0.05, 0.1) is 24.1 Å². The summed E-state index contributed by atoms with van der Waals surface area (Å²) in [7, 11) is 0. The van der Waals surface area contributed by atoms with Gasteiger partial charge in [0.1, 0.15) is 5.72 Å².